The highest BCUT2D eigenvalue weighted by atomic mass is 16.6. The van der Waals surface area contributed by atoms with Gasteiger partial charge >= 0.3 is 12.1 Å². The molecule has 1 fully saturated rings. The lowest BCUT2D eigenvalue weighted by Crippen LogP contribution is -2.59. The van der Waals surface area contributed by atoms with Crippen LogP contribution in [0.1, 0.15) is 59.4 Å². The third-order valence-electron chi connectivity index (χ3n) is 5.41. The van der Waals surface area contributed by atoms with E-state index in [2.05, 4.69) is 0 Å². The second kappa shape index (κ2) is 9.60. The summed E-state index contributed by atoms with van der Waals surface area (Å²) in [6, 6.07) is 8.12. The fourth-order valence-electron chi connectivity index (χ4n) is 3.51. The van der Waals surface area contributed by atoms with E-state index in [1.165, 1.54) is 4.90 Å². The number of carbonyl (C=O) groups is 3. The number of nitrogens with zero attached hydrogens (tertiary/aromatic N) is 1. The summed E-state index contributed by atoms with van der Waals surface area (Å²) in [6.45, 7) is 8.94. The second-order valence-corrected chi connectivity index (χ2v) is 8.83. The van der Waals surface area contributed by atoms with Crippen molar-refractivity contribution >= 4 is 17.8 Å². The smallest absolute Gasteiger partial charge is 0.410 e. The van der Waals surface area contributed by atoms with Gasteiger partial charge in [0.05, 0.1) is 6.04 Å². The largest absolute Gasteiger partial charge is 0.458 e. The van der Waals surface area contributed by atoms with Crippen molar-refractivity contribution in [3.63, 3.8) is 0 Å². The standard InChI is InChI=1S/C23H33NO6/c1-6-16(2)23(28,20(26)29-15-17-11-8-7-9-12-17)19(25)18-13-10-14-24(18)21(27)30-22(3,4)5/h7-9,11-12,16,18,28H,6,10,13-15H2,1-5H3/t16?,18-,23?/m0/s1. The normalized spacial score (nSPS) is 19.7. The molecule has 7 heteroatoms. The van der Waals surface area contributed by atoms with Crippen molar-refractivity contribution in [2.24, 2.45) is 5.92 Å². The number of carbonyl (C=O) groups excluding carboxylic acids is 3. The van der Waals surface area contributed by atoms with Gasteiger partial charge in [-0.3, -0.25) is 9.69 Å². The molecule has 0 radical (unpaired) electrons. The predicted octanol–water partition coefficient (Wildman–Crippen LogP) is 3.48. The second-order valence-electron chi connectivity index (χ2n) is 8.83. The maximum absolute atomic E-state index is 13.4. The van der Waals surface area contributed by atoms with Crippen LogP contribution in [-0.4, -0.2) is 51.6 Å². The van der Waals surface area contributed by atoms with Gasteiger partial charge in [-0.1, -0.05) is 44.2 Å². The fraction of sp³-hybridized carbons (Fsp3) is 0.609. The molecule has 1 aliphatic heterocycles. The molecular weight excluding hydrogens is 386 g/mol. The lowest BCUT2D eigenvalue weighted by Gasteiger charge is -2.35. The molecule has 1 aromatic carbocycles. The Morgan fingerprint density at radius 1 is 1.20 bits per heavy atom. The number of ketones is 1. The fourth-order valence-corrected chi connectivity index (χ4v) is 3.51. The molecule has 3 atom stereocenters. The quantitative estimate of drug-likeness (QED) is 0.537. The lowest BCUT2D eigenvalue weighted by atomic mass is 9.80. The molecule has 166 valence electrons. The van der Waals surface area contributed by atoms with Gasteiger partial charge in [0.15, 0.2) is 5.78 Å². The first kappa shape index (κ1) is 23.9. The number of benzene rings is 1. The van der Waals surface area contributed by atoms with E-state index in [0.29, 0.717) is 25.8 Å². The summed E-state index contributed by atoms with van der Waals surface area (Å²) in [5, 5.41) is 11.3. The summed E-state index contributed by atoms with van der Waals surface area (Å²) in [7, 11) is 0. The minimum Gasteiger partial charge on any atom is -0.458 e. The van der Waals surface area contributed by atoms with E-state index in [-0.39, 0.29) is 6.61 Å². The van der Waals surface area contributed by atoms with E-state index in [4.69, 9.17) is 9.47 Å². The van der Waals surface area contributed by atoms with Crippen molar-refractivity contribution in [2.45, 2.75) is 77.7 Å². The van der Waals surface area contributed by atoms with E-state index >= 15 is 0 Å². The summed E-state index contributed by atoms with van der Waals surface area (Å²) in [5.74, 6) is -2.37. The number of hydrogen-bond acceptors (Lipinski definition) is 6. The molecular formula is C23H33NO6. The van der Waals surface area contributed by atoms with Gasteiger partial charge in [-0.15, -0.1) is 0 Å². The van der Waals surface area contributed by atoms with Gasteiger partial charge in [-0.2, -0.15) is 0 Å². The molecule has 2 rings (SSSR count). The molecule has 1 amide bonds. The van der Waals surface area contributed by atoms with Crippen molar-refractivity contribution in [3.05, 3.63) is 35.9 Å². The summed E-state index contributed by atoms with van der Waals surface area (Å²) < 4.78 is 10.7. The predicted molar refractivity (Wildman–Crippen MR) is 112 cm³/mol. The molecule has 1 heterocycles. The Morgan fingerprint density at radius 2 is 1.83 bits per heavy atom. The van der Waals surface area contributed by atoms with Gasteiger partial charge in [0.25, 0.3) is 0 Å². The van der Waals surface area contributed by atoms with Crippen molar-refractivity contribution < 1.29 is 29.0 Å². The molecule has 2 unspecified atom stereocenters. The number of hydrogen-bond donors (Lipinski definition) is 1. The minimum absolute atomic E-state index is 0.0495. The molecule has 0 bridgehead atoms. The molecule has 0 spiro atoms. The number of amides is 1. The molecule has 1 aliphatic rings. The number of rotatable bonds is 7. The highest BCUT2D eigenvalue weighted by molar-refractivity contribution is 6.10. The number of aliphatic hydroxyl groups is 1. The zero-order valence-corrected chi connectivity index (χ0v) is 18.5. The Balaban J connectivity index is 2.22. The Bertz CT molecular complexity index is 757. The maximum Gasteiger partial charge on any atom is 0.410 e. The summed E-state index contributed by atoms with van der Waals surface area (Å²) >= 11 is 0. The SMILES string of the molecule is CCC(C)C(O)(C(=O)OCc1ccccc1)C(=O)[C@@H]1CCCN1C(=O)OC(C)(C)C. The summed E-state index contributed by atoms with van der Waals surface area (Å²) in [5.41, 5.74) is -2.30. The molecule has 0 saturated carbocycles. The minimum atomic E-state index is -2.33. The molecule has 0 aromatic heterocycles. The maximum atomic E-state index is 13.4. The first-order chi connectivity index (χ1) is 14.0. The number of Topliss-reactive ketones (excluding diaryl/α,β-unsaturated/α-hetero) is 1. The number of esters is 1. The van der Waals surface area contributed by atoms with Crippen LogP contribution in [0.3, 0.4) is 0 Å². The van der Waals surface area contributed by atoms with E-state index in [1.807, 2.05) is 18.2 Å². The van der Waals surface area contributed by atoms with Gasteiger partial charge in [-0.05, 0) is 45.6 Å². The Morgan fingerprint density at radius 3 is 2.40 bits per heavy atom. The van der Waals surface area contributed by atoms with Crippen molar-refractivity contribution in [2.75, 3.05) is 6.54 Å². The van der Waals surface area contributed by atoms with Crippen LogP contribution in [0.25, 0.3) is 0 Å². The first-order valence-electron chi connectivity index (χ1n) is 10.5. The van der Waals surface area contributed by atoms with Crippen LogP contribution < -0.4 is 0 Å². The van der Waals surface area contributed by atoms with E-state index in [0.717, 1.165) is 5.56 Å². The Hall–Kier alpha value is -2.41. The van der Waals surface area contributed by atoms with Crippen molar-refractivity contribution in [1.82, 2.24) is 4.90 Å². The van der Waals surface area contributed by atoms with Crippen molar-refractivity contribution in [3.8, 4) is 0 Å². The lowest BCUT2D eigenvalue weighted by molar-refractivity contribution is -0.179. The Labute approximate surface area is 178 Å². The number of ether oxygens (including phenoxy) is 2. The molecule has 30 heavy (non-hydrogen) atoms. The van der Waals surface area contributed by atoms with Gasteiger partial charge < -0.3 is 14.6 Å². The van der Waals surface area contributed by atoms with Crippen LogP contribution in [0.5, 0.6) is 0 Å². The zero-order chi connectivity index (χ0) is 22.5. The summed E-state index contributed by atoms with van der Waals surface area (Å²) in [6.07, 6.45) is 0.720. The molecule has 1 saturated heterocycles. The average Bonchev–Trinajstić information content (AvgIpc) is 3.19. The van der Waals surface area contributed by atoms with Gasteiger partial charge in [0.1, 0.15) is 12.2 Å². The van der Waals surface area contributed by atoms with E-state index in [9.17, 15) is 19.5 Å². The topological polar surface area (TPSA) is 93.1 Å². The highest BCUT2D eigenvalue weighted by Gasteiger charge is 2.54. The highest BCUT2D eigenvalue weighted by Crippen LogP contribution is 2.31. The Kier molecular flexibility index (Phi) is 7.64. The first-order valence-corrected chi connectivity index (χ1v) is 10.5. The number of likely N-dealkylation sites (tertiary alicyclic amines) is 1. The van der Waals surface area contributed by atoms with Gasteiger partial charge in [-0.25, -0.2) is 9.59 Å². The van der Waals surface area contributed by atoms with Crippen LogP contribution in [0, 0.1) is 5.92 Å². The third kappa shape index (κ3) is 5.39. The third-order valence-corrected chi connectivity index (χ3v) is 5.41. The van der Waals surface area contributed by atoms with Gasteiger partial charge in [0.2, 0.25) is 5.60 Å². The van der Waals surface area contributed by atoms with Crippen LogP contribution in [0.2, 0.25) is 0 Å². The molecule has 7 nitrogen and oxygen atoms in total. The van der Waals surface area contributed by atoms with Gasteiger partial charge in [0, 0.05) is 12.5 Å². The van der Waals surface area contributed by atoms with Crippen LogP contribution in [0.4, 0.5) is 4.79 Å². The van der Waals surface area contributed by atoms with Crippen LogP contribution in [0.15, 0.2) is 30.3 Å². The average molecular weight is 420 g/mol. The zero-order valence-electron chi connectivity index (χ0n) is 18.5. The monoisotopic (exact) mass is 419 g/mol. The molecule has 1 N–H and O–H groups in total. The molecule has 1 aromatic rings. The molecule has 0 aliphatic carbocycles. The van der Waals surface area contributed by atoms with Crippen LogP contribution >= 0.6 is 0 Å². The van der Waals surface area contributed by atoms with E-state index < -0.39 is 41.0 Å². The van der Waals surface area contributed by atoms with Crippen LogP contribution in [-0.2, 0) is 25.7 Å². The summed E-state index contributed by atoms with van der Waals surface area (Å²) in [4.78, 5) is 40.2. The van der Waals surface area contributed by atoms with E-state index in [1.54, 1.807) is 46.8 Å². The van der Waals surface area contributed by atoms with Crippen molar-refractivity contribution in [1.29, 1.82) is 0 Å².